The number of rotatable bonds is 5. The zero-order valence-corrected chi connectivity index (χ0v) is 14.6. The summed E-state index contributed by atoms with van der Waals surface area (Å²) in [5, 5.41) is 3.60. The number of nitrogens with one attached hydrogen (secondary N) is 1. The smallest absolute Gasteiger partial charge is 0.237 e. The largest absolute Gasteiger partial charge is 0.325 e. The minimum absolute atomic E-state index is 0.0175. The third-order valence-electron chi connectivity index (χ3n) is 3.48. The Bertz CT molecular complexity index is 655. The molecule has 0 saturated carbocycles. The lowest BCUT2D eigenvalue weighted by atomic mass is 10.1. The van der Waals surface area contributed by atoms with Crippen LogP contribution >= 0.6 is 23.4 Å². The van der Waals surface area contributed by atoms with Crippen LogP contribution in [0.2, 0.25) is 5.02 Å². The van der Waals surface area contributed by atoms with Gasteiger partial charge in [-0.2, -0.15) is 0 Å². The predicted octanol–water partition coefficient (Wildman–Crippen LogP) is 5.33. The summed E-state index contributed by atoms with van der Waals surface area (Å²) in [5.41, 5.74) is 3.20. The average Bonchev–Trinajstić information content (AvgIpc) is 2.51. The van der Waals surface area contributed by atoms with Crippen molar-refractivity contribution in [2.75, 3.05) is 5.32 Å². The first-order chi connectivity index (χ1) is 10.5. The van der Waals surface area contributed by atoms with Gasteiger partial charge < -0.3 is 5.32 Å². The first-order valence-electron chi connectivity index (χ1n) is 7.33. The molecule has 2 nitrogen and oxygen atoms in total. The molecular weight excluding hydrogens is 314 g/mol. The molecule has 1 amide bonds. The van der Waals surface area contributed by atoms with Gasteiger partial charge in [0.1, 0.15) is 0 Å². The fraction of sp³-hybridized carbons (Fsp3) is 0.278. The summed E-state index contributed by atoms with van der Waals surface area (Å²) < 4.78 is 0. The molecule has 1 unspecified atom stereocenters. The van der Waals surface area contributed by atoms with Crippen molar-refractivity contribution in [1.82, 2.24) is 0 Å². The number of amides is 1. The van der Waals surface area contributed by atoms with Gasteiger partial charge in [-0.1, -0.05) is 36.7 Å². The Morgan fingerprint density at radius 3 is 2.55 bits per heavy atom. The van der Waals surface area contributed by atoms with Gasteiger partial charge in [-0.15, -0.1) is 11.8 Å². The predicted molar refractivity (Wildman–Crippen MR) is 96.0 cm³/mol. The maximum atomic E-state index is 12.4. The Kier molecular flexibility index (Phi) is 5.92. The van der Waals surface area contributed by atoms with Gasteiger partial charge in [0.2, 0.25) is 5.91 Å². The highest BCUT2D eigenvalue weighted by Gasteiger charge is 2.16. The molecule has 0 aliphatic rings. The highest BCUT2D eigenvalue weighted by atomic mass is 35.5. The number of para-hydroxylation sites is 1. The van der Waals surface area contributed by atoms with E-state index in [2.05, 4.69) is 18.3 Å². The maximum Gasteiger partial charge on any atom is 0.237 e. The Hall–Kier alpha value is -1.45. The average molecular weight is 334 g/mol. The first kappa shape index (κ1) is 16.9. The van der Waals surface area contributed by atoms with Crippen molar-refractivity contribution in [1.29, 1.82) is 0 Å². The molecule has 116 valence electrons. The molecule has 0 spiro atoms. The molecule has 1 atom stereocenters. The summed E-state index contributed by atoms with van der Waals surface area (Å²) in [6.07, 6.45) is 0.899. The Labute approximate surface area is 141 Å². The molecule has 0 bridgehead atoms. The van der Waals surface area contributed by atoms with E-state index in [0.29, 0.717) is 5.02 Å². The molecule has 0 fully saturated rings. The van der Waals surface area contributed by atoms with Crippen LogP contribution in [-0.4, -0.2) is 11.2 Å². The molecule has 0 aliphatic heterocycles. The number of thioether (sulfide) groups is 1. The number of aryl methyl sites for hydroxylation is 2. The molecule has 0 saturated heterocycles. The minimum Gasteiger partial charge on any atom is -0.325 e. The van der Waals surface area contributed by atoms with E-state index < -0.39 is 0 Å². The first-order valence-corrected chi connectivity index (χ1v) is 8.58. The van der Waals surface area contributed by atoms with E-state index in [1.807, 2.05) is 50.2 Å². The van der Waals surface area contributed by atoms with Gasteiger partial charge in [-0.25, -0.2) is 0 Å². The number of hydrogen-bond acceptors (Lipinski definition) is 2. The van der Waals surface area contributed by atoms with Gasteiger partial charge in [-0.05, 0) is 55.7 Å². The molecule has 0 aliphatic carbocycles. The van der Waals surface area contributed by atoms with Crippen molar-refractivity contribution < 1.29 is 4.79 Å². The SMILES string of the molecule is CCc1cccc(C)c1NC(=O)C(C)Sc1ccc(Cl)cc1. The van der Waals surface area contributed by atoms with Gasteiger partial charge in [0, 0.05) is 15.6 Å². The molecular formula is C18H20ClNOS. The van der Waals surface area contributed by atoms with Crippen molar-refractivity contribution in [2.45, 2.75) is 37.3 Å². The van der Waals surface area contributed by atoms with E-state index in [9.17, 15) is 4.79 Å². The lowest BCUT2D eigenvalue weighted by molar-refractivity contribution is -0.115. The number of anilines is 1. The van der Waals surface area contributed by atoms with Crippen LogP contribution < -0.4 is 5.32 Å². The van der Waals surface area contributed by atoms with E-state index in [-0.39, 0.29) is 11.2 Å². The summed E-state index contributed by atoms with van der Waals surface area (Å²) in [6.45, 7) is 6.03. The van der Waals surface area contributed by atoms with Crippen LogP contribution in [0.25, 0.3) is 0 Å². The molecule has 4 heteroatoms. The standard InChI is InChI=1S/C18H20ClNOS/c1-4-14-7-5-6-12(2)17(14)20-18(21)13(3)22-16-10-8-15(19)9-11-16/h5-11,13H,4H2,1-3H3,(H,20,21). The van der Waals surface area contributed by atoms with Crippen LogP contribution in [0.1, 0.15) is 25.0 Å². The van der Waals surface area contributed by atoms with Gasteiger partial charge >= 0.3 is 0 Å². The van der Waals surface area contributed by atoms with Crippen molar-refractivity contribution in [3.63, 3.8) is 0 Å². The van der Waals surface area contributed by atoms with Crippen LogP contribution in [0.15, 0.2) is 47.4 Å². The molecule has 22 heavy (non-hydrogen) atoms. The van der Waals surface area contributed by atoms with Crippen molar-refractivity contribution in [3.8, 4) is 0 Å². The Morgan fingerprint density at radius 2 is 1.91 bits per heavy atom. The lowest BCUT2D eigenvalue weighted by Gasteiger charge is -2.16. The van der Waals surface area contributed by atoms with Gasteiger partial charge in [-0.3, -0.25) is 4.79 Å². The lowest BCUT2D eigenvalue weighted by Crippen LogP contribution is -2.23. The maximum absolute atomic E-state index is 12.4. The number of carbonyl (C=O) groups is 1. The third kappa shape index (κ3) is 4.28. The second-order valence-electron chi connectivity index (χ2n) is 5.17. The number of benzene rings is 2. The van der Waals surface area contributed by atoms with Crippen LogP contribution in [0.3, 0.4) is 0 Å². The van der Waals surface area contributed by atoms with Gasteiger partial charge in [0.15, 0.2) is 0 Å². The fourth-order valence-electron chi connectivity index (χ4n) is 2.20. The Balaban J connectivity index is 2.07. The summed E-state index contributed by atoms with van der Waals surface area (Å²) in [4.78, 5) is 13.5. The Morgan fingerprint density at radius 1 is 1.23 bits per heavy atom. The van der Waals surface area contributed by atoms with Crippen LogP contribution in [0.4, 0.5) is 5.69 Å². The van der Waals surface area contributed by atoms with Gasteiger partial charge in [0.25, 0.3) is 0 Å². The molecule has 0 aromatic heterocycles. The molecule has 0 radical (unpaired) electrons. The van der Waals surface area contributed by atoms with Crippen molar-refractivity contribution in [3.05, 3.63) is 58.6 Å². The van der Waals surface area contributed by atoms with Crippen molar-refractivity contribution in [2.24, 2.45) is 0 Å². The second-order valence-corrected chi connectivity index (χ2v) is 7.02. The fourth-order valence-corrected chi connectivity index (χ4v) is 3.19. The van der Waals surface area contributed by atoms with Crippen molar-refractivity contribution >= 4 is 35.0 Å². The zero-order chi connectivity index (χ0) is 16.1. The number of hydrogen-bond donors (Lipinski definition) is 1. The van der Waals surface area contributed by atoms with Crippen LogP contribution in [0, 0.1) is 6.92 Å². The molecule has 2 aromatic rings. The molecule has 2 aromatic carbocycles. The normalized spacial score (nSPS) is 12.0. The molecule has 0 heterocycles. The van der Waals surface area contributed by atoms with Crippen LogP contribution in [0.5, 0.6) is 0 Å². The van der Waals surface area contributed by atoms with E-state index in [0.717, 1.165) is 28.1 Å². The molecule has 1 N–H and O–H groups in total. The summed E-state index contributed by atoms with van der Waals surface area (Å²) in [6, 6.07) is 13.6. The zero-order valence-electron chi connectivity index (χ0n) is 13.0. The second kappa shape index (κ2) is 7.70. The highest BCUT2D eigenvalue weighted by molar-refractivity contribution is 8.00. The van der Waals surface area contributed by atoms with E-state index in [1.165, 1.54) is 11.8 Å². The quantitative estimate of drug-likeness (QED) is 0.749. The monoisotopic (exact) mass is 333 g/mol. The van der Waals surface area contributed by atoms with E-state index >= 15 is 0 Å². The van der Waals surface area contributed by atoms with Gasteiger partial charge in [0.05, 0.1) is 5.25 Å². The summed E-state index contributed by atoms with van der Waals surface area (Å²) >= 11 is 7.41. The van der Waals surface area contributed by atoms with E-state index in [1.54, 1.807) is 0 Å². The highest BCUT2D eigenvalue weighted by Crippen LogP contribution is 2.27. The topological polar surface area (TPSA) is 29.1 Å². The molecule has 2 rings (SSSR count). The van der Waals surface area contributed by atoms with Crippen LogP contribution in [-0.2, 0) is 11.2 Å². The third-order valence-corrected chi connectivity index (χ3v) is 4.85. The summed E-state index contributed by atoms with van der Waals surface area (Å²) in [7, 11) is 0. The van der Waals surface area contributed by atoms with E-state index in [4.69, 9.17) is 11.6 Å². The summed E-state index contributed by atoms with van der Waals surface area (Å²) in [5.74, 6) is 0.0175. The minimum atomic E-state index is -0.175. The number of halogens is 1. The number of carbonyl (C=O) groups excluding carboxylic acids is 1.